The van der Waals surface area contributed by atoms with Gasteiger partial charge < -0.3 is 11.5 Å². The van der Waals surface area contributed by atoms with Crippen molar-refractivity contribution in [1.29, 1.82) is 0 Å². The van der Waals surface area contributed by atoms with E-state index in [4.69, 9.17) is 11.5 Å². The van der Waals surface area contributed by atoms with Crippen LogP contribution in [-0.2, 0) is 16.0 Å². The second-order valence-electron chi connectivity index (χ2n) is 4.62. The Morgan fingerprint density at radius 3 is 2.11 bits per heavy atom. The number of primary amides is 2. The van der Waals surface area contributed by atoms with Gasteiger partial charge in [0, 0.05) is 3.57 Å². The lowest BCUT2D eigenvalue weighted by atomic mass is 9.71. The third kappa shape index (κ3) is 2.66. The first kappa shape index (κ1) is 14.9. The molecule has 0 fully saturated rings. The molecule has 0 aliphatic carbocycles. The van der Waals surface area contributed by atoms with E-state index in [1.807, 2.05) is 24.3 Å². The minimum atomic E-state index is -1.33. The third-order valence-electron chi connectivity index (χ3n) is 3.29. The van der Waals surface area contributed by atoms with E-state index in [0.29, 0.717) is 0 Å². The summed E-state index contributed by atoms with van der Waals surface area (Å²) in [5.74, 6) is -1.57. The van der Waals surface area contributed by atoms with Crippen LogP contribution in [-0.4, -0.2) is 11.8 Å². The van der Waals surface area contributed by atoms with Crippen molar-refractivity contribution in [2.75, 3.05) is 0 Å². The maximum absolute atomic E-state index is 11.7. The van der Waals surface area contributed by atoms with Gasteiger partial charge in [-0.3, -0.25) is 9.59 Å². The summed E-state index contributed by atoms with van der Waals surface area (Å²) in [6.07, 6.45) is 0.244. The number of carbonyl (C=O) groups excluding carboxylic acids is 2. The van der Waals surface area contributed by atoms with Gasteiger partial charge >= 0.3 is 0 Å². The maximum Gasteiger partial charge on any atom is 0.233 e. The van der Waals surface area contributed by atoms with Gasteiger partial charge in [-0.05, 0) is 46.6 Å². The first-order chi connectivity index (χ1) is 8.32. The number of hydrogen-bond donors (Lipinski definition) is 2. The molecule has 0 saturated heterocycles. The molecule has 0 spiro atoms. The Kier molecular flexibility index (Phi) is 4.72. The average molecular weight is 360 g/mol. The van der Waals surface area contributed by atoms with Crippen LogP contribution in [0.25, 0.3) is 0 Å². The molecule has 4 N–H and O–H groups in total. The molecule has 0 aliphatic rings. The summed E-state index contributed by atoms with van der Waals surface area (Å²) in [6, 6.07) is 7.56. The lowest BCUT2D eigenvalue weighted by Crippen LogP contribution is -2.52. The van der Waals surface area contributed by atoms with Gasteiger partial charge in [-0.15, -0.1) is 0 Å². The molecule has 0 unspecified atom stereocenters. The largest absolute Gasteiger partial charge is 0.369 e. The maximum atomic E-state index is 11.7. The molecule has 5 heteroatoms. The number of nitrogens with two attached hydrogens (primary N) is 2. The summed E-state index contributed by atoms with van der Waals surface area (Å²) in [4.78, 5) is 23.5. The van der Waals surface area contributed by atoms with Crippen molar-refractivity contribution >= 4 is 34.4 Å². The third-order valence-corrected chi connectivity index (χ3v) is 4.34. The first-order valence-corrected chi connectivity index (χ1v) is 6.73. The Labute approximate surface area is 120 Å². The van der Waals surface area contributed by atoms with E-state index < -0.39 is 17.2 Å². The summed E-state index contributed by atoms with van der Waals surface area (Å²) in [5.41, 5.74) is 10.4. The molecule has 0 aliphatic heterocycles. The van der Waals surface area contributed by atoms with E-state index >= 15 is 0 Å². The van der Waals surface area contributed by atoms with Gasteiger partial charge in [-0.25, -0.2) is 0 Å². The zero-order chi connectivity index (χ0) is 13.9. The molecule has 1 aromatic rings. The number of hydrogen-bond acceptors (Lipinski definition) is 2. The van der Waals surface area contributed by atoms with Gasteiger partial charge in [0.15, 0.2) is 0 Å². The van der Waals surface area contributed by atoms with Gasteiger partial charge in [-0.2, -0.15) is 0 Å². The zero-order valence-electron chi connectivity index (χ0n) is 10.4. The molecule has 0 atom stereocenters. The minimum Gasteiger partial charge on any atom is -0.369 e. The molecule has 0 saturated carbocycles. The number of halogens is 1. The molecule has 18 heavy (non-hydrogen) atoms. The SMILES string of the molecule is CC(C)C(Cc1ccccc1I)(C(N)=O)C(N)=O. The van der Waals surface area contributed by atoms with E-state index in [1.54, 1.807) is 13.8 Å². The van der Waals surface area contributed by atoms with Crippen LogP contribution in [0.1, 0.15) is 19.4 Å². The molecule has 4 nitrogen and oxygen atoms in total. The molecule has 2 amide bonds. The van der Waals surface area contributed by atoms with Crippen molar-refractivity contribution in [3.8, 4) is 0 Å². The molecular weight excluding hydrogens is 343 g/mol. The summed E-state index contributed by atoms with van der Waals surface area (Å²) in [5, 5.41) is 0. The van der Waals surface area contributed by atoms with Gasteiger partial charge in [0.1, 0.15) is 5.41 Å². The van der Waals surface area contributed by atoms with Crippen LogP contribution in [0.15, 0.2) is 24.3 Å². The second-order valence-corrected chi connectivity index (χ2v) is 5.78. The Morgan fingerprint density at radius 1 is 1.22 bits per heavy atom. The highest BCUT2D eigenvalue weighted by Gasteiger charge is 2.46. The number of carbonyl (C=O) groups is 2. The first-order valence-electron chi connectivity index (χ1n) is 5.65. The average Bonchev–Trinajstić information content (AvgIpc) is 2.26. The molecule has 0 bridgehead atoms. The Morgan fingerprint density at radius 2 is 1.72 bits per heavy atom. The van der Waals surface area contributed by atoms with Gasteiger partial charge in [0.05, 0.1) is 0 Å². The number of amides is 2. The topological polar surface area (TPSA) is 86.2 Å². The predicted molar refractivity (Wildman–Crippen MR) is 78.5 cm³/mol. The van der Waals surface area contributed by atoms with Crippen molar-refractivity contribution in [3.63, 3.8) is 0 Å². The fourth-order valence-electron chi connectivity index (χ4n) is 2.01. The summed E-state index contributed by atoms with van der Waals surface area (Å²) in [6.45, 7) is 3.57. The quantitative estimate of drug-likeness (QED) is 0.615. The molecule has 0 heterocycles. The van der Waals surface area contributed by atoms with Crippen molar-refractivity contribution in [3.05, 3.63) is 33.4 Å². The minimum absolute atomic E-state index is 0.244. The van der Waals surface area contributed by atoms with E-state index in [9.17, 15) is 9.59 Å². The molecular formula is C13H17IN2O2. The highest BCUT2D eigenvalue weighted by molar-refractivity contribution is 14.1. The Hall–Kier alpha value is -1.11. The van der Waals surface area contributed by atoms with Crippen LogP contribution in [0.3, 0.4) is 0 Å². The Balaban J connectivity index is 3.26. The fraction of sp³-hybridized carbons (Fsp3) is 0.385. The monoisotopic (exact) mass is 360 g/mol. The molecule has 98 valence electrons. The highest BCUT2D eigenvalue weighted by atomic mass is 127. The van der Waals surface area contributed by atoms with Crippen molar-refractivity contribution < 1.29 is 9.59 Å². The van der Waals surface area contributed by atoms with Gasteiger partial charge in [0.2, 0.25) is 11.8 Å². The van der Waals surface area contributed by atoms with E-state index in [2.05, 4.69) is 22.6 Å². The van der Waals surface area contributed by atoms with E-state index in [-0.39, 0.29) is 12.3 Å². The lowest BCUT2D eigenvalue weighted by molar-refractivity contribution is -0.142. The van der Waals surface area contributed by atoms with Crippen LogP contribution in [0.5, 0.6) is 0 Å². The van der Waals surface area contributed by atoms with Crippen LogP contribution in [0, 0.1) is 14.9 Å². The normalized spacial score (nSPS) is 11.6. The standard InChI is InChI=1S/C13H17IN2O2/c1-8(2)13(11(15)17,12(16)18)7-9-5-3-4-6-10(9)14/h3-6,8H,7H2,1-2H3,(H2,15,17)(H2,16,18). The number of rotatable bonds is 5. The molecule has 0 radical (unpaired) electrons. The smallest absolute Gasteiger partial charge is 0.233 e. The van der Waals surface area contributed by atoms with E-state index in [1.165, 1.54) is 0 Å². The van der Waals surface area contributed by atoms with Gasteiger partial charge in [-0.1, -0.05) is 32.0 Å². The highest BCUT2D eigenvalue weighted by Crippen LogP contribution is 2.32. The Bertz CT molecular complexity index is 458. The fourth-order valence-corrected chi connectivity index (χ4v) is 2.59. The lowest BCUT2D eigenvalue weighted by Gasteiger charge is -2.31. The van der Waals surface area contributed by atoms with Crippen LogP contribution < -0.4 is 11.5 Å². The van der Waals surface area contributed by atoms with Gasteiger partial charge in [0.25, 0.3) is 0 Å². The van der Waals surface area contributed by atoms with Crippen molar-refractivity contribution in [2.45, 2.75) is 20.3 Å². The van der Waals surface area contributed by atoms with Crippen LogP contribution in [0.2, 0.25) is 0 Å². The number of benzene rings is 1. The van der Waals surface area contributed by atoms with Crippen molar-refractivity contribution in [1.82, 2.24) is 0 Å². The predicted octanol–water partition coefficient (Wildman–Crippen LogP) is 1.45. The second kappa shape index (κ2) is 5.69. The van der Waals surface area contributed by atoms with E-state index in [0.717, 1.165) is 9.13 Å². The zero-order valence-corrected chi connectivity index (χ0v) is 12.6. The van der Waals surface area contributed by atoms with Crippen LogP contribution >= 0.6 is 22.6 Å². The molecule has 0 aromatic heterocycles. The van der Waals surface area contributed by atoms with Crippen molar-refractivity contribution in [2.24, 2.45) is 22.8 Å². The molecule has 1 rings (SSSR count). The summed E-state index contributed by atoms with van der Waals surface area (Å²) in [7, 11) is 0. The van der Waals surface area contributed by atoms with Crippen LogP contribution in [0.4, 0.5) is 0 Å². The molecule has 1 aromatic carbocycles. The summed E-state index contributed by atoms with van der Waals surface area (Å²) < 4.78 is 0.989. The summed E-state index contributed by atoms with van der Waals surface area (Å²) >= 11 is 2.17.